The van der Waals surface area contributed by atoms with E-state index in [1.54, 1.807) is 31.4 Å². The largest absolute Gasteiger partial charge is 0.497 e. The lowest BCUT2D eigenvalue weighted by molar-refractivity contribution is 0.0941. The van der Waals surface area contributed by atoms with Crippen molar-refractivity contribution in [2.75, 3.05) is 7.11 Å². The van der Waals surface area contributed by atoms with Crippen LogP contribution in [0.15, 0.2) is 47.4 Å². The third kappa shape index (κ3) is 4.50. The summed E-state index contributed by atoms with van der Waals surface area (Å²) in [5, 5.41) is 6.42. The van der Waals surface area contributed by atoms with Crippen molar-refractivity contribution in [3.8, 4) is 11.5 Å². The van der Waals surface area contributed by atoms with Gasteiger partial charge in [0, 0.05) is 12.4 Å². The van der Waals surface area contributed by atoms with Gasteiger partial charge in [-0.05, 0) is 24.3 Å². The molecule has 1 amide bonds. The van der Waals surface area contributed by atoms with Crippen LogP contribution in [-0.2, 0) is 13.2 Å². The van der Waals surface area contributed by atoms with Gasteiger partial charge < -0.3 is 19.3 Å². The topological polar surface area (TPSA) is 112 Å². The van der Waals surface area contributed by atoms with Crippen molar-refractivity contribution in [3.05, 3.63) is 60.3 Å². The van der Waals surface area contributed by atoms with Gasteiger partial charge >= 0.3 is 0 Å². The Kier molecular flexibility index (Phi) is 5.15. The summed E-state index contributed by atoms with van der Waals surface area (Å²) in [5.74, 6) is 1.67. The zero-order chi connectivity index (χ0) is 17.5. The summed E-state index contributed by atoms with van der Waals surface area (Å²) >= 11 is 0. The molecule has 25 heavy (non-hydrogen) atoms. The van der Waals surface area contributed by atoms with Gasteiger partial charge in [0.15, 0.2) is 6.61 Å². The predicted molar refractivity (Wildman–Crippen MR) is 84.8 cm³/mol. The molecule has 0 saturated carbocycles. The molecule has 1 aromatic carbocycles. The molecule has 0 saturated heterocycles. The Labute approximate surface area is 143 Å². The molecule has 0 aliphatic heterocycles. The van der Waals surface area contributed by atoms with E-state index in [1.165, 1.54) is 18.6 Å². The van der Waals surface area contributed by atoms with Crippen molar-refractivity contribution >= 4 is 5.91 Å². The minimum Gasteiger partial charge on any atom is -0.497 e. The van der Waals surface area contributed by atoms with Crippen molar-refractivity contribution in [1.82, 2.24) is 25.4 Å². The van der Waals surface area contributed by atoms with E-state index >= 15 is 0 Å². The van der Waals surface area contributed by atoms with Gasteiger partial charge in [0.25, 0.3) is 5.91 Å². The van der Waals surface area contributed by atoms with E-state index < -0.39 is 0 Å². The second kappa shape index (κ2) is 7.86. The Balaban J connectivity index is 1.49. The third-order valence-electron chi connectivity index (χ3n) is 3.13. The summed E-state index contributed by atoms with van der Waals surface area (Å²) in [5.41, 5.74) is 0.213. The highest BCUT2D eigenvalue weighted by Crippen LogP contribution is 2.17. The first kappa shape index (κ1) is 16.4. The first-order valence-electron chi connectivity index (χ1n) is 7.37. The van der Waals surface area contributed by atoms with Gasteiger partial charge in [-0.15, -0.1) is 0 Å². The predicted octanol–water partition coefficient (Wildman–Crippen LogP) is 1.38. The maximum Gasteiger partial charge on any atom is 0.271 e. The number of rotatable bonds is 7. The number of ether oxygens (including phenoxy) is 2. The van der Waals surface area contributed by atoms with Crippen molar-refractivity contribution in [2.24, 2.45) is 0 Å². The number of carbonyl (C=O) groups is 1. The van der Waals surface area contributed by atoms with Gasteiger partial charge in [-0.3, -0.25) is 9.78 Å². The average Bonchev–Trinajstić information content (AvgIpc) is 3.13. The number of methoxy groups -OCH3 is 1. The normalized spacial score (nSPS) is 10.3. The quantitative estimate of drug-likeness (QED) is 0.686. The number of amides is 1. The third-order valence-corrected chi connectivity index (χ3v) is 3.13. The summed E-state index contributed by atoms with van der Waals surface area (Å²) in [6, 6.07) is 7.14. The molecule has 0 fully saturated rings. The molecule has 3 aromatic rings. The van der Waals surface area contributed by atoms with Crippen LogP contribution in [0, 0.1) is 0 Å². The SMILES string of the molecule is COc1ccc(OCc2noc(CNC(=O)c3cnccn3)n2)cc1. The lowest BCUT2D eigenvalue weighted by atomic mass is 10.3. The second-order valence-corrected chi connectivity index (χ2v) is 4.84. The van der Waals surface area contributed by atoms with E-state index in [2.05, 4.69) is 25.4 Å². The fourth-order valence-corrected chi connectivity index (χ4v) is 1.90. The molecule has 0 atom stereocenters. The minimum absolute atomic E-state index is 0.0882. The Morgan fingerprint density at radius 3 is 2.72 bits per heavy atom. The summed E-state index contributed by atoms with van der Waals surface area (Å²) in [7, 11) is 1.60. The molecule has 9 heteroatoms. The minimum atomic E-state index is -0.373. The van der Waals surface area contributed by atoms with Crippen molar-refractivity contribution < 1.29 is 18.8 Å². The molecule has 2 heterocycles. The summed E-state index contributed by atoms with van der Waals surface area (Å²) in [6.07, 6.45) is 4.30. The highest BCUT2D eigenvalue weighted by atomic mass is 16.5. The molecular formula is C16H15N5O4. The molecule has 1 N–H and O–H groups in total. The second-order valence-electron chi connectivity index (χ2n) is 4.84. The van der Waals surface area contributed by atoms with Crippen LogP contribution in [0.4, 0.5) is 0 Å². The first-order chi connectivity index (χ1) is 12.2. The maximum atomic E-state index is 11.8. The van der Waals surface area contributed by atoms with Gasteiger partial charge in [0.05, 0.1) is 19.9 Å². The molecule has 0 aliphatic rings. The van der Waals surface area contributed by atoms with E-state index in [-0.39, 0.29) is 30.6 Å². The van der Waals surface area contributed by atoms with Gasteiger partial charge in [0.2, 0.25) is 11.7 Å². The summed E-state index contributed by atoms with van der Waals surface area (Å²) in [6.45, 7) is 0.235. The van der Waals surface area contributed by atoms with E-state index in [1.807, 2.05) is 0 Å². The number of benzene rings is 1. The van der Waals surface area contributed by atoms with Crippen LogP contribution in [0.2, 0.25) is 0 Å². The van der Waals surface area contributed by atoms with E-state index in [0.29, 0.717) is 11.6 Å². The molecular weight excluding hydrogens is 326 g/mol. The Bertz CT molecular complexity index is 820. The van der Waals surface area contributed by atoms with Gasteiger partial charge in [-0.25, -0.2) is 4.98 Å². The van der Waals surface area contributed by atoms with Crippen LogP contribution < -0.4 is 14.8 Å². The van der Waals surface area contributed by atoms with Crippen LogP contribution in [0.1, 0.15) is 22.2 Å². The van der Waals surface area contributed by atoms with Crippen LogP contribution in [-0.4, -0.2) is 33.1 Å². The highest BCUT2D eigenvalue weighted by Gasteiger charge is 2.11. The first-order valence-corrected chi connectivity index (χ1v) is 7.37. The van der Waals surface area contributed by atoms with Crippen molar-refractivity contribution in [2.45, 2.75) is 13.2 Å². The van der Waals surface area contributed by atoms with Crippen LogP contribution >= 0.6 is 0 Å². The fourth-order valence-electron chi connectivity index (χ4n) is 1.90. The highest BCUT2D eigenvalue weighted by molar-refractivity contribution is 5.91. The molecule has 3 rings (SSSR count). The lowest BCUT2D eigenvalue weighted by Gasteiger charge is -2.04. The average molecular weight is 341 g/mol. The smallest absolute Gasteiger partial charge is 0.271 e. The lowest BCUT2D eigenvalue weighted by Crippen LogP contribution is -2.24. The van der Waals surface area contributed by atoms with Gasteiger partial charge in [0.1, 0.15) is 17.2 Å². The van der Waals surface area contributed by atoms with Gasteiger partial charge in [-0.2, -0.15) is 4.98 Å². The molecule has 0 aliphatic carbocycles. The molecule has 0 spiro atoms. The summed E-state index contributed by atoms with van der Waals surface area (Å²) < 4.78 is 15.7. The number of nitrogens with one attached hydrogen (secondary N) is 1. The van der Waals surface area contributed by atoms with E-state index in [9.17, 15) is 4.79 Å². The number of aromatic nitrogens is 4. The standard InChI is InChI=1S/C16H15N5O4/c1-23-11-2-4-12(5-3-11)24-10-14-20-15(25-21-14)9-19-16(22)13-8-17-6-7-18-13/h2-8H,9-10H2,1H3,(H,19,22). The maximum absolute atomic E-state index is 11.8. The number of hydrogen-bond donors (Lipinski definition) is 1. The van der Waals surface area contributed by atoms with Crippen LogP contribution in [0.5, 0.6) is 11.5 Å². The molecule has 9 nitrogen and oxygen atoms in total. The Morgan fingerprint density at radius 1 is 1.20 bits per heavy atom. The monoisotopic (exact) mass is 341 g/mol. The molecule has 2 aromatic heterocycles. The molecule has 0 unspecified atom stereocenters. The molecule has 0 bridgehead atoms. The number of carbonyl (C=O) groups excluding carboxylic acids is 1. The van der Waals surface area contributed by atoms with Crippen molar-refractivity contribution in [1.29, 1.82) is 0 Å². The molecule has 0 radical (unpaired) electrons. The van der Waals surface area contributed by atoms with Crippen LogP contribution in [0.3, 0.4) is 0 Å². The Hall–Kier alpha value is -3.49. The summed E-state index contributed by atoms with van der Waals surface area (Å²) in [4.78, 5) is 23.7. The zero-order valence-electron chi connectivity index (χ0n) is 13.4. The van der Waals surface area contributed by atoms with Gasteiger partial charge in [-0.1, -0.05) is 5.16 Å². The van der Waals surface area contributed by atoms with E-state index in [0.717, 1.165) is 5.75 Å². The number of hydrogen-bond acceptors (Lipinski definition) is 8. The number of nitrogens with zero attached hydrogens (tertiary/aromatic N) is 4. The zero-order valence-corrected chi connectivity index (χ0v) is 13.4. The molecule has 128 valence electrons. The van der Waals surface area contributed by atoms with Crippen molar-refractivity contribution in [3.63, 3.8) is 0 Å². The van der Waals surface area contributed by atoms with E-state index in [4.69, 9.17) is 14.0 Å². The Morgan fingerprint density at radius 2 is 2.00 bits per heavy atom. The van der Waals surface area contributed by atoms with Crippen LogP contribution in [0.25, 0.3) is 0 Å². The fraction of sp³-hybridized carbons (Fsp3) is 0.188.